The Labute approximate surface area is 185 Å². The zero-order chi connectivity index (χ0) is 23.0. The van der Waals surface area contributed by atoms with Crippen molar-refractivity contribution in [1.29, 1.82) is 5.26 Å². The number of alkyl halides is 2. The van der Waals surface area contributed by atoms with E-state index >= 15 is 0 Å². The minimum absolute atomic E-state index is 0.362. The molecule has 6 nitrogen and oxygen atoms in total. The number of rotatable bonds is 7. The molecular weight excluding hydrogens is 421 g/mol. The number of carbonyl (C=O) groups excluding carboxylic acids is 2. The van der Waals surface area contributed by atoms with E-state index in [-0.39, 0.29) is 0 Å². The Balaban J connectivity index is 1.42. The molecule has 2 aliphatic carbocycles. The van der Waals surface area contributed by atoms with Gasteiger partial charge in [0.1, 0.15) is 17.4 Å². The largest absolute Gasteiger partial charge is 0.336 e. The molecule has 1 aliphatic heterocycles. The number of halogens is 3. The highest BCUT2D eigenvalue weighted by molar-refractivity contribution is 5.88. The number of nitrogens with one attached hydrogen (secondary N) is 2. The summed E-state index contributed by atoms with van der Waals surface area (Å²) in [5.41, 5.74) is -1.37. The van der Waals surface area contributed by atoms with Gasteiger partial charge in [0, 0.05) is 19.5 Å². The van der Waals surface area contributed by atoms with Crippen LogP contribution in [0.2, 0.25) is 0 Å². The van der Waals surface area contributed by atoms with Crippen molar-refractivity contribution in [2.45, 2.75) is 68.9 Å². The highest BCUT2D eigenvalue weighted by atomic mass is 19.3. The number of piperidine rings is 1. The number of carbonyl (C=O) groups is 2. The topological polar surface area (TPSA) is 85.2 Å². The Kier molecular flexibility index (Phi) is 5.82. The molecule has 172 valence electrons. The first-order chi connectivity index (χ1) is 15.2. The van der Waals surface area contributed by atoms with E-state index in [2.05, 4.69) is 10.6 Å². The molecule has 3 amide bonds. The van der Waals surface area contributed by atoms with Crippen molar-refractivity contribution in [2.24, 2.45) is 5.41 Å². The van der Waals surface area contributed by atoms with E-state index in [0.29, 0.717) is 31.3 Å². The molecule has 1 atom stereocenters. The summed E-state index contributed by atoms with van der Waals surface area (Å²) in [6, 6.07) is 4.93. The first-order valence-corrected chi connectivity index (χ1v) is 11.1. The lowest BCUT2D eigenvalue weighted by atomic mass is 9.94. The number of amides is 3. The Morgan fingerprint density at radius 2 is 1.78 bits per heavy atom. The van der Waals surface area contributed by atoms with Gasteiger partial charge in [-0.05, 0) is 56.4 Å². The second-order valence-electron chi connectivity index (χ2n) is 9.40. The van der Waals surface area contributed by atoms with Crippen molar-refractivity contribution >= 4 is 11.9 Å². The van der Waals surface area contributed by atoms with Gasteiger partial charge < -0.3 is 15.5 Å². The molecule has 2 saturated carbocycles. The van der Waals surface area contributed by atoms with E-state index in [1.54, 1.807) is 4.90 Å². The molecule has 4 rings (SSSR count). The summed E-state index contributed by atoms with van der Waals surface area (Å²) < 4.78 is 43.3. The van der Waals surface area contributed by atoms with Crippen molar-refractivity contribution in [3.63, 3.8) is 0 Å². The van der Waals surface area contributed by atoms with Crippen LogP contribution in [0.3, 0.4) is 0 Å². The summed E-state index contributed by atoms with van der Waals surface area (Å²) in [6.07, 6.45) is 3.91. The lowest BCUT2D eigenvalue weighted by Crippen LogP contribution is -2.54. The number of hydrogen-bond acceptors (Lipinski definition) is 3. The van der Waals surface area contributed by atoms with Gasteiger partial charge in [0.2, 0.25) is 5.91 Å². The van der Waals surface area contributed by atoms with Crippen molar-refractivity contribution in [3.8, 4) is 6.07 Å². The molecule has 1 aromatic carbocycles. The molecule has 1 saturated heterocycles. The van der Waals surface area contributed by atoms with Crippen LogP contribution in [0, 0.1) is 22.6 Å². The first-order valence-electron chi connectivity index (χ1n) is 11.1. The molecule has 9 heteroatoms. The monoisotopic (exact) mass is 448 g/mol. The van der Waals surface area contributed by atoms with Crippen LogP contribution in [0.25, 0.3) is 0 Å². The maximum absolute atomic E-state index is 14.7. The third kappa shape index (κ3) is 4.84. The number of hydrogen-bond donors (Lipinski definition) is 2. The molecule has 0 bridgehead atoms. The lowest BCUT2D eigenvalue weighted by molar-refractivity contribution is -0.124. The normalized spacial score (nSPS) is 21.4. The van der Waals surface area contributed by atoms with Crippen LogP contribution < -0.4 is 10.6 Å². The molecular formula is C23H27F3N4O2. The fraction of sp³-hybridized carbons (Fsp3) is 0.609. The molecule has 3 aliphatic rings. The summed E-state index contributed by atoms with van der Waals surface area (Å²) in [5, 5.41) is 14.4. The highest BCUT2D eigenvalue weighted by Gasteiger charge is 2.47. The van der Waals surface area contributed by atoms with E-state index in [4.69, 9.17) is 0 Å². The minimum Gasteiger partial charge on any atom is -0.336 e. The lowest BCUT2D eigenvalue weighted by Gasteiger charge is -2.33. The minimum atomic E-state index is -3.51. The molecule has 2 N–H and O–H groups in total. The zero-order valence-electron chi connectivity index (χ0n) is 17.8. The van der Waals surface area contributed by atoms with Gasteiger partial charge >= 0.3 is 6.03 Å². The second-order valence-corrected chi connectivity index (χ2v) is 9.40. The van der Waals surface area contributed by atoms with Gasteiger partial charge in [-0.15, -0.1) is 0 Å². The van der Waals surface area contributed by atoms with Crippen molar-refractivity contribution in [2.75, 3.05) is 13.1 Å². The fourth-order valence-electron chi connectivity index (χ4n) is 4.30. The number of nitrogens with zero attached hydrogens (tertiary/aromatic N) is 2. The van der Waals surface area contributed by atoms with Crippen LogP contribution in [0.5, 0.6) is 0 Å². The SMILES string of the molecule is N#CC1(NC(=O)C(CCC(F)(F)c2ccccc2F)NC(=O)N2CCC3(CC2)CC3)CC1. The van der Waals surface area contributed by atoms with Gasteiger partial charge in [-0.1, -0.05) is 18.2 Å². The molecule has 1 spiro atoms. The summed E-state index contributed by atoms with van der Waals surface area (Å²) in [4.78, 5) is 27.2. The number of urea groups is 1. The third-order valence-corrected chi connectivity index (χ3v) is 7.02. The molecule has 3 fully saturated rings. The maximum Gasteiger partial charge on any atom is 0.318 e. The molecule has 1 heterocycles. The standard InChI is InChI=1S/C23H27F3N4O2/c24-17-4-2-1-3-16(17)23(25,26)6-5-18(19(31)29-22(15-27)9-10-22)28-20(32)30-13-11-21(7-8-21)12-14-30/h1-4,18H,5-14H2,(H,28,32)(H,29,31). The Morgan fingerprint density at radius 3 is 2.34 bits per heavy atom. The summed E-state index contributed by atoms with van der Waals surface area (Å²) in [7, 11) is 0. The van der Waals surface area contributed by atoms with E-state index in [0.717, 1.165) is 25.0 Å². The third-order valence-electron chi connectivity index (χ3n) is 7.02. The van der Waals surface area contributed by atoms with Gasteiger partial charge in [0.15, 0.2) is 0 Å². The van der Waals surface area contributed by atoms with Gasteiger partial charge in [-0.2, -0.15) is 5.26 Å². The van der Waals surface area contributed by atoms with Crippen LogP contribution in [-0.4, -0.2) is 41.5 Å². The summed E-state index contributed by atoms with van der Waals surface area (Å²) in [5.74, 6) is -5.20. The van der Waals surface area contributed by atoms with E-state index in [9.17, 15) is 28.0 Å². The van der Waals surface area contributed by atoms with Crippen molar-refractivity contribution < 1.29 is 22.8 Å². The molecule has 1 unspecified atom stereocenters. The summed E-state index contributed by atoms with van der Waals surface area (Å²) in [6.45, 7) is 1.13. The van der Waals surface area contributed by atoms with Gasteiger partial charge in [-0.25, -0.2) is 18.0 Å². The van der Waals surface area contributed by atoms with Gasteiger partial charge in [0.25, 0.3) is 5.92 Å². The predicted octanol–water partition coefficient (Wildman–Crippen LogP) is 3.82. The van der Waals surface area contributed by atoms with E-state index < -0.39 is 53.7 Å². The van der Waals surface area contributed by atoms with Crippen LogP contribution in [0.15, 0.2) is 24.3 Å². The average molecular weight is 448 g/mol. The Morgan fingerprint density at radius 1 is 1.12 bits per heavy atom. The average Bonchev–Trinajstić information content (AvgIpc) is 3.70. The van der Waals surface area contributed by atoms with Crippen LogP contribution in [-0.2, 0) is 10.7 Å². The molecule has 32 heavy (non-hydrogen) atoms. The number of likely N-dealkylation sites (tertiary alicyclic amines) is 1. The quantitative estimate of drug-likeness (QED) is 0.665. The van der Waals surface area contributed by atoms with E-state index in [1.807, 2.05) is 6.07 Å². The van der Waals surface area contributed by atoms with Gasteiger partial charge in [0.05, 0.1) is 11.6 Å². The first kappa shape index (κ1) is 22.4. The van der Waals surface area contributed by atoms with Crippen molar-refractivity contribution in [1.82, 2.24) is 15.5 Å². The second kappa shape index (κ2) is 8.30. The van der Waals surface area contributed by atoms with E-state index in [1.165, 1.54) is 25.0 Å². The Hall–Kier alpha value is -2.76. The predicted molar refractivity (Wildman–Crippen MR) is 110 cm³/mol. The fourth-order valence-corrected chi connectivity index (χ4v) is 4.30. The van der Waals surface area contributed by atoms with Crippen LogP contribution in [0.4, 0.5) is 18.0 Å². The van der Waals surface area contributed by atoms with Crippen LogP contribution in [0.1, 0.15) is 56.9 Å². The molecule has 1 aromatic rings. The molecule has 0 aromatic heterocycles. The number of nitriles is 1. The Bertz CT molecular complexity index is 927. The molecule has 0 radical (unpaired) electrons. The van der Waals surface area contributed by atoms with Gasteiger partial charge in [-0.3, -0.25) is 4.79 Å². The van der Waals surface area contributed by atoms with Crippen LogP contribution >= 0.6 is 0 Å². The smallest absolute Gasteiger partial charge is 0.318 e. The van der Waals surface area contributed by atoms with Crippen molar-refractivity contribution in [3.05, 3.63) is 35.6 Å². The summed E-state index contributed by atoms with van der Waals surface area (Å²) >= 11 is 0. The maximum atomic E-state index is 14.7. The highest BCUT2D eigenvalue weighted by Crippen LogP contribution is 2.53. The zero-order valence-corrected chi connectivity index (χ0v) is 17.8. The number of benzene rings is 1.